The molecule has 0 aliphatic carbocycles. The van der Waals surface area contributed by atoms with Crippen LogP contribution in [0.4, 0.5) is 22.7 Å². The standard InChI is InChI=1S/C23H28N4O4/c1-17-4-2-3-11-26(17)20-8-6-19(7-9-20)24-23(28)18-5-10-21(22(16-18)27(29)30)25-12-14-31-15-13-25/h5-10,16-17H,2-4,11-15H2,1H3,(H,24,28). The highest BCUT2D eigenvalue weighted by molar-refractivity contribution is 6.05. The first kappa shape index (κ1) is 21.1. The highest BCUT2D eigenvalue weighted by Gasteiger charge is 2.23. The Morgan fingerprint density at radius 3 is 2.52 bits per heavy atom. The van der Waals surface area contributed by atoms with Crippen molar-refractivity contribution in [1.29, 1.82) is 0 Å². The summed E-state index contributed by atoms with van der Waals surface area (Å²) in [5, 5.41) is 14.5. The van der Waals surface area contributed by atoms with Crippen LogP contribution in [0, 0.1) is 10.1 Å². The predicted molar refractivity (Wildman–Crippen MR) is 121 cm³/mol. The van der Waals surface area contributed by atoms with Gasteiger partial charge in [0, 0.05) is 48.7 Å². The maximum Gasteiger partial charge on any atom is 0.293 e. The van der Waals surface area contributed by atoms with Crippen molar-refractivity contribution < 1.29 is 14.5 Å². The predicted octanol–water partition coefficient (Wildman–Crippen LogP) is 4.06. The second kappa shape index (κ2) is 9.34. The molecule has 0 radical (unpaired) electrons. The molecule has 2 fully saturated rings. The first-order valence-corrected chi connectivity index (χ1v) is 10.8. The molecule has 0 spiro atoms. The molecule has 2 aliphatic rings. The topological polar surface area (TPSA) is 88.0 Å². The van der Waals surface area contributed by atoms with Crippen LogP contribution in [0.25, 0.3) is 0 Å². The highest BCUT2D eigenvalue weighted by atomic mass is 16.6. The van der Waals surface area contributed by atoms with Gasteiger partial charge < -0.3 is 19.9 Å². The average molecular weight is 425 g/mol. The van der Waals surface area contributed by atoms with Crippen LogP contribution in [0.1, 0.15) is 36.5 Å². The number of carbonyl (C=O) groups is 1. The first-order valence-electron chi connectivity index (χ1n) is 10.8. The number of benzene rings is 2. The van der Waals surface area contributed by atoms with E-state index in [0.717, 1.165) is 12.2 Å². The number of piperidine rings is 1. The van der Waals surface area contributed by atoms with Gasteiger partial charge in [0.15, 0.2) is 0 Å². The first-order chi connectivity index (χ1) is 15.0. The molecule has 0 aromatic heterocycles. The molecule has 31 heavy (non-hydrogen) atoms. The largest absolute Gasteiger partial charge is 0.378 e. The number of nitrogens with zero attached hydrogens (tertiary/aromatic N) is 3. The Morgan fingerprint density at radius 1 is 1.10 bits per heavy atom. The Bertz CT molecular complexity index is 941. The third-order valence-corrected chi connectivity index (χ3v) is 6.05. The number of hydrogen-bond acceptors (Lipinski definition) is 6. The smallest absolute Gasteiger partial charge is 0.293 e. The van der Waals surface area contributed by atoms with Crippen molar-refractivity contribution in [1.82, 2.24) is 0 Å². The van der Waals surface area contributed by atoms with Crippen molar-refractivity contribution in [3.63, 3.8) is 0 Å². The lowest BCUT2D eigenvalue weighted by molar-refractivity contribution is -0.384. The number of nitro groups is 1. The monoisotopic (exact) mass is 424 g/mol. The fraction of sp³-hybridized carbons (Fsp3) is 0.435. The number of hydrogen-bond donors (Lipinski definition) is 1. The third-order valence-electron chi connectivity index (χ3n) is 6.05. The Hall–Kier alpha value is -3.13. The lowest BCUT2D eigenvalue weighted by atomic mass is 10.0. The summed E-state index contributed by atoms with van der Waals surface area (Å²) in [5.41, 5.74) is 2.53. The third kappa shape index (κ3) is 4.80. The van der Waals surface area contributed by atoms with E-state index in [1.807, 2.05) is 29.2 Å². The summed E-state index contributed by atoms with van der Waals surface area (Å²) >= 11 is 0. The van der Waals surface area contributed by atoms with Crippen LogP contribution in [0.2, 0.25) is 0 Å². The van der Waals surface area contributed by atoms with Crippen LogP contribution in [0.15, 0.2) is 42.5 Å². The number of nitrogens with one attached hydrogen (secondary N) is 1. The van der Waals surface area contributed by atoms with Crippen molar-refractivity contribution in [3.8, 4) is 0 Å². The molecule has 1 amide bonds. The zero-order valence-electron chi connectivity index (χ0n) is 17.8. The van der Waals surface area contributed by atoms with Gasteiger partial charge >= 0.3 is 0 Å². The summed E-state index contributed by atoms with van der Waals surface area (Å²) in [5.74, 6) is -0.365. The van der Waals surface area contributed by atoms with Gasteiger partial charge in [0.2, 0.25) is 0 Å². The number of ether oxygens (including phenoxy) is 1. The minimum Gasteiger partial charge on any atom is -0.378 e. The molecular weight excluding hydrogens is 396 g/mol. The normalized spacial score (nSPS) is 19.2. The fourth-order valence-corrected chi connectivity index (χ4v) is 4.30. The van der Waals surface area contributed by atoms with Gasteiger partial charge in [0.05, 0.1) is 18.1 Å². The molecule has 8 nitrogen and oxygen atoms in total. The van der Waals surface area contributed by atoms with Gasteiger partial charge in [-0.15, -0.1) is 0 Å². The lowest BCUT2D eigenvalue weighted by Crippen LogP contribution is -2.37. The fourth-order valence-electron chi connectivity index (χ4n) is 4.30. The van der Waals surface area contributed by atoms with Crippen molar-refractivity contribution in [2.24, 2.45) is 0 Å². The summed E-state index contributed by atoms with van der Waals surface area (Å²) < 4.78 is 5.32. The van der Waals surface area contributed by atoms with E-state index in [0.29, 0.717) is 43.7 Å². The summed E-state index contributed by atoms with van der Waals surface area (Å²) in [6, 6.07) is 12.9. The zero-order chi connectivity index (χ0) is 21.8. The van der Waals surface area contributed by atoms with Crippen molar-refractivity contribution in [2.75, 3.05) is 48.0 Å². The molecule has 2 aromatic carbocycles. The van der Waals surface area contributed by atoms with E-state index in [9.17, 15) is 14.9 Å². The van der Waals surface area contributed by atoms with Gasteiger partial charge in [0.1, 0.15) is 5.69 Å². The van der Waals surface area contributed by atoms with Gasteiger partial charge in [-0.2, -0.15) is 0 Å². The van der Waals surface area contributed by atoms with Gasteiger partial charge in [-0.05, 0) is 62.6 Å². The van der Waals surface area contributed by atoms with E-state index in [2.05, 4.69) is 17.1 Å². The minimum atomic E-state index is -0.434. The number of nitro benzene ring substituents is 1. The molecule has 2 heterocycles. The molecule has 0 bridgehead atoms. The molecular formula is C23H28N4O4. The van der Waals surface area contributed by atoms with E-state index in [1.165, 1.54) is 25.3 Å². The Morgan fingerprint density at radius 2 is 1.84 bits per heavy atom. The number of rotatable bonds is 5. The molecule has 8 heteroatoms. The second-order valence-corrected chi connectivity index (χ2v) is 8.10. The highest BCUT2D eigenvalue weighted by Crippen LogP contribution is 2.30. The van der Waals surface area contributed by atoms with Crippen molar-refractivity contribution >= 4 is 28.7 Å². The van der Waals surface area contributed by atoms with Crippen molar-refractivity contribution in [3.05, 3.63) is 58.1 Å². The van der Waals surface area contributed by atoms with Gasteiger partial charge in [-0.1, -0.05) is 0 Å². The van der Waals surface area contributed by atoms with Crippen LogP contribution in [0.5, 0.6) is 0 Å². The van der Waals surface area contributed by atoms with Crippen LogP contribution in [-0.4, -0.2) is 49.7 Å². The summed E-state index contributed by atoms with van der Waals surface area (Å²) in [6.45, 7) is 5.54. The van der Waals surface area contributed by atoms with Crippen LogP contribution < -0.4 is 15.1 Å². The Labute approximate surface area is 181 Å². The summed E-state index contributed by atoms with van der Waals surface area (Å²) in [6.07, 6.45) is 3.65. The second-order valence-electron chi connectivity index (χ2n) is 8.10. The van der Waals surface area contributed by atoms with E-state index >= 15 is 0 Å². The zero-order valence-corrected chi connectivity index (χ0v) is 17.8. The Kier molecular flexibility index (Phi) is 6.36. The van der Waals surface area contributed by atoms with Crippen molar-refractivity contribution in [2.45, 2.75) is 32.2 Å². The number of morpholine rings is 1. The molecule has 164 valence electrons. The van der Waals surface area contributed by atoms with Gasteiger partial charge in [0.25, 0.3) is 11.6 Å². The van der Waals surface area contributed by atoms with E-state index in [4.69, 9.17) is 4.74 Å². The average Bonchev–Trinajstić information content (AvgIpc) is 2.80. The maximum absolute atomic E-state index is 12.7. The van der Waals surface area contributed by atoms with E-state index < -0.39 is 4.92 Å². The summed E-state index contributed by atoms with van der Waals surface area (Å²) in [4.78, 5) is 28.2. The van der Waals surface area contributed by atoms with Gasteiger partial charge in [-0.3, -0.25) is 14.9 Å². The Balaban J connectivity index is 1.48. The molecule has 2 aromatic rings. The lowest BCUT2D eigenvalue weighted by Gasteiger charge is -2.35. The molecule has 4 rings (SSSR count). The van der Waals surface area contributed by atoms with Crippen LogP contribution in [-0.2, 0) is 4.74 Å². The van der Waals surface area contributed by atoms with Crippen LogP contribution in [0.3, 0.4) is 0 Å². The molecule has 1 atom stereocenters. The minimum absolute atomic E-state index is 0.0658. The number of carbonyl (C=O) groups excluding carboxylic acids is 1. The number of anilines is 3. The molecule has 0 saturated carbocycles. The SMILES string of the molecule is CC1CCCCN1c1ccc(NC(=O)c2ccc(N3CCOCC3)c([N+](=O)[O-])c2)cc1. The van der Waals surface area contributed by atoms with Gasteiger partial charge in [-0.25, -0.2) is 0 Å². The molecule has 2 saturated heterocycles. The van der Waals surface area contributed by atoms with Crippen LogP contribution >= 0.6 is 0 Å². The van der Waals surface area contributed by atoms with E-state index in [-0.39, 0.29) is 17.2 Å². The maximum atomic E-state index is 12.7. The molecule has 2 aliphatic heterocycles. The molecule has 1 N–H and O–H groups in total. The summed E-state index contributed by atoms with van der Waals surface area (Å²) in [7, 11) is 0. The number of amides is 1. The van der Waals surface area contributed by atoms with E-state index in [1.54, 1.807) is 12.1 Å². The molecule has 1 unspecified atom stereocenters. The quantitative estimate of drug-likeness (QED) is 0.575.